The summed E-state index contributed by atoms with van der Waals surface area (Å²) in [5.74, 6) is -0.578. The molecule has 3 aromatic rings. The average Bonchev–Trinajstić information content (AvgIpc) is 3.00. The molecule has 2 unspecified atom stereocenters. The van der Waals surface area contributed by atoms with Gasteiger partial charge in [-0.2, -0.15) is 0 Å². The number of nitrogens with zero attached hydrogens (tertiary/aromatic N) is 1. The zero-order chi connectivity index (χ0) is 32.8. The van der Waals surface area contributed by atoms with E-state index in [1.54, 1.807) is 25.7 Å². The summed E-state index contributed by atoms with van der Waals surface area (Å²) in [6.45, 7) is 12.2. The minimum atomic E-state index is -0.938. The lowest BCUT2D eigenvalue weighted by Gasteiger charge is -2.35. The van der Waals surface area contributed by atoms with E-state index >= 15 is 0 Å². The monoisotopic (exact) mass is 613 g/mol. The maximum atomic E-state index is 14.7. The van der Waals surface area contributed by atoms with Gasteiger partial charge in [-0.05, 0) is 68.9 Å². The minimum Gasteiger partial charge on any atom is -0.444 e. The van der Waals surface area contributed by atoms with Gasteiger partial charge in [-0.25, -0.2) is 4.79 Å². The van der Waals surface area contributed by atoms with Crippen LogP contribution in [0.15, 0.2) is 78.9 Å². The molecule has 3 aromatic carbocycles. The van der Waals surface area contributed by atoms with Gasteiger partial charge >= 0.3 is 6.09 Å². The van der Waals surface area contributed by atoms with Crippen LogP contribution in [0.1, 0.15) is 93.7 Å². The first-order valence-electron chi connectivity index (χ1n) is 16.2. The van der Waals surface area contributed by atoms with Crippen LogP contribution in [0.2, 0.25) is 0 Å². The molecule has 0 heterocycles. The van der Waals surface area contributed by atoms with Crippen LogP contribution in [0, 0.1) is 13.8 Å². The molecule has 0 spiro atoms. The highest BCUT2D eigenvalue weighted by atomic mass is 16.6. The van der Waals surface area contributed by atoms with Crippen LogP contribution in [0.5, 0.6) is 0 Å². The fourth-order valence-electron chi connectivity index (χ4n) is 5.35. The van der Waals surface area contributed by atoms with Crippen LogP contribution in [-0.4, -0.2) is 41.0 Å². The van der Waals surface area contributed by atoms with Gasteiger partial charge in [0.05, 0.1) is 0 Å². The average molecular weight is 614 g/mol. The van der Waals surface area contributed by atoms with E-state index in [2.05, 4.69) is 17.6 Å². The molecule has 242 valence electrons. The van der Waals surface area contributed by atoms with E-state index in [-0.39, 0.29) is 18.2 Å². The summed E-state index contributed by atoms with van der Waals surface area (Å²) in [4.78, 5) is 43.7. The van der Waals surface area contributed by atoms with E-state index in [4.69, 9.17) is 4.74 Å². The second-order valence-electron chi connectivity index (χ2n) is 12.7. The molecule has 0 aliphatic rings. The molecule has 0 fully saturated rings. The summed E-state index contributed by atoms with van der Waals surface area (Å²) >= 11 is 0. The molecular weight excluding hydrogens is 562 g/mol. The Kier molecular flexibility index (Phi) is 13.7. The Bertz CT molecular complexity index is 1370. The number of ether oxygens (including phenoxy) is 1. The van der Waals surface area contributed by atoms with E-state index < -0.39 is 23.8 Å². The second kappa shape index (κ2) is 17.4. The van der Waals surface area contributed by atoms with Gasteiger partial charge in [0.1, 0.15) is 17.7 Å². The molecule has 0 bridgehead atoms. The van der Waals surface area contributed by atoms with Crippen molar-refractivity contribution < 1.29 is 19.1 Å². The number of carbonyl (C=O) groups excluding carboxylic acids is 3. The van der Waals surface area contributed by atoms with E-state index in [9.17, 15) is 14.4 Å². The number of rotatable bonds is 15. The molecule has 0 aliphatic heterocycles. The van der Waals surface area contributed by atoms with Crippen molar-refractivity contribution in [2.24, 2.45) is 0 Å². The SMILES string of the molecule is CCCCCCCN(C(=O)C(Cc1ccccc1)NC(=O)OC(C)(C)C)C(C(=O)NCc1ccccc1)c1cccc(C)c1C. The molecular formula is C38H51N3O4. The quantitative estimate of drug-likeness (QED) is 0.173. The molecule has 3 amide bonds. The van der Waals surface area contributed by atoms with Crippen molar-refractivity contribution in [1.82, 2.24) is 15.5 Å². The zero-order valence-electron chi connectivity index (χ0n) is 27.9. The standard InChI is InChI=1S/C38H51N3O4/c1-7-8-9-10-17-25-41(36(43)33(26-30-20-13-11-14-21-30)40-37(44)45-38(4,5)6)34(32-24-18-19-28(2)29(32)3)35(42)39-27-31-22-15-12-16-23-31/h11-16,18-24,33-34H,7-10,17,25-27H2,1-6H3,(H,39,42)(H,40,44). The minimum absolute atomic E-state index is 0.259. The van der Waals surface area contributed by atoms with Crippen molar-refractivity contribution in [3.63, 3.8) is 0 Å². The van der Waals surface area contributed by atoms with Crippen LogP contribution >= 0.6 is 0 Å². The molecule has 45 heavy (non-hydrogen) atoms. The largest absolute Gasteiger partial charge is 0.444 e. The Morgan fingerprint density at radius 2 is 1.42 bits per heavy atom. The zero-order valence-corrected chi connectivity index (χ0v) is 27.9. The van der Waals surface area contributed by atoms with Gasteiger partial charge in [0.2, 0.25) is 11.8 Å². The summed E-state index contributed by atoms with van der Waals surface area (Å²) in [6, 6.07) is 23.4. The third-order valence-electron chi connectivity index (χ3n) is 7.87. The van der Waals surface area contributed by atoms with Crippen molar-refractivity contribution in [2.45, 2.75) is 104 Å². The highest BCUT2D eigenvalue weighted by molar-refractivity contribution is 5.92. The molecule has 0 saturated heterocycles. The van der Waals surface area contributed by atoms with Gasteiger partial charge in [-0.1, -0.05) is 111 Å². The number of alkyl carbamates (subject to hydrolysis) is 1. The fourth-order valence-corrected chi connectivity index (χ4v) is 5.35. The first-order chi connectivity index (χ1) is 21.5. The lowest BCUT2D eigenvalue weighted by Crippen LogP contribution is -2.54. The van der Waals surface area contributed by atoms with Gasteiger partial charge in [-0.3, -0.25) is 9.59 Å². The van der Waals surface area contributed by atoms with Gasteiger partial charge in [-0.15, -0.1) is 0 Å². The second-order valence-corrected chi connectivity index (χ2v) is 12.7. The van der Waals surface area contributed by atoms with Crippen LogP contribution < -0.4 is 10.6 Å². The first-order valence-corrected chi connectivity index (χ1v) is 16.2. The number of nitrogens with one attached hydrogen (secondary N) is 2. The Balaban J connectivity index is 2.05. The number of amides is 3. The fraction of sp³-hybridized carbons (Fsp3) is 0.447. The third kappa shape index (κ3) is 11.4. The van der Waals surface area contributed by atoms with E-state index in [1.165, 1.54) is 0 Å². The molecule has 0 saturated carbocycles. The molecule has 3 rings (SSSR count). The number of aryl methyl sites for hydroxylation is 1. The smallest absolute Gasteiger partial charge is 0.408 e. The predicted molar refractivity (Wildman–Crippen MR) is 181 cm³/mol. The maximum Gasteiger partial charge on any atom is 0.408 e. The highest BCUT2D eigenvalue weighted by Crippen LogP contribution is 2.28. The number of hydrogen-bond acceptors (Lipinski definition) is 4. The van der Waals surface area contributed by atoms with E-state index in [0.29, 0.717) is 13.1 Å². The lowest BCUT2D eigenvalue weighted by atomic mass is 9.94. The topological polar surface area (TPSA) is 87.7 Å². The van der Waals surface area contributed by atoms with E-state index in [1.807, 2.05) is 92.7 Å². The number of unbranched alkanes of at least 4 members (excludes halogenated alkanes) is 4. The Morgan fingerprint density at radius 3 is 2.04 bits per heavy atom. The van der Waals surface area contributed by atoms with Gasteiger partial charge < -0.3 is 20.3 Å². The first kappa shape index (κ1) is 35.4. The van der Waals surface area contributed by atoms with Crippen LogP contribution in [0.25, 0.3) is 0 Å². The molecule has 7 nitrogen and oxygen atoms in total. The molecule has 2 atom stereocenters. The predicted octanol–water partition coefficient (Wildman–Crippen LogP) is 7.60. The van der Waals surface area contributed by atoms with Crippen molar-refractivity contribution in [3.05, 3.63) is 107 Å². The van der Waals surface area contributed by atoms with Crippen molar-refractivity contribution in [3.8, 4) is 0 Å². The highest BCUT2D eigenvalue weighted by Gasteiger charge is 2.37. The van der Waals surface area contributed by atoms with Crippen molar-refractivity contribution >= 4 is 17.9 Å². The molecule has 7 heteroatoms. The normalized spacial score (nSPS) is 12.6. The van der Waals surface area contributed by atoms with Crippen LogP contribution in [0.3, 0.4) is 0 Å². The number of carbonyl (C=O) groups is 3. The summed E-state index contributed by atoms with van der Waals surface area (Å²) in [6.07, 6.45) is 4.54. The van der Waals surface area contributed by atoms with Gasteiger partial charge in [0.25, 0.3) is 0 Å². The maximum absolute atomic E-state index is 14.7. The van der Waals surface area contributed by atoms with Gasteiger partial charge in [0, 0.05) is 19.5 Å². The molecule has 2 N–H and O–H groups in total. The number of benzene rings is 3. The molecule has 0 aromatic heterocycles. The summed E-state index contributed by atoms with van der Waals surface area (Å²) in [5.41, 5.74) is 3.90. The van der Waals surface area contributed by atoms with Crippen molar-refractivity contribution in [2.75, 3.05) is 6.54 Å². The lowest BCUT2D eigenvalue weighted by molar-refractivity contribution is -0.142. The Morgan fingerprint density at radius 1 is 0.800 bits per heavy atom. The van der Waals surface area contributed by atoms with Crippen LogP contribution in [-0.2, 0) is 27.3 Å². The molecule has 0 aliphatic carbocycles. The summed E-state index contributed by atoms with van der Waals surface area (Å²) < 4.78 is 5.58. The van der Waals surface area contributed by atoms with Crippen molar-refractivity contribution in [1.29, 1.82) is 0 Å². The molecule has 0 radical (unpaired) electrons. The Hall–Kier alpha value is -4.13. The van der Waals surface area contributed by atoms with Crippen LogP contribution in [0.4, 0.5) is 4.79 Å². The summed E-state index contributed by atoms with van der Waals surface area (Å²) in [5, 5.41) is 5.96. The Labute approximate surface area is 269 Å². The summed E-state index contributed by atoms with van der Waals surface area (Å²) in [7, 11) is 0. The number of hydrogen-bond donors (Lipinski definition) is 2. The van der Waals surface area contributed by atoms with Gasteiger partial charge in [0.15, 0.2) is 0 Å². The van der Waals surface area contributed by atoms with E-state index in [0.717, 1.165) is 59.9 Å². The third-order valence-corrected chi connectivity index (χ3v) is 7.87.